The van der Waals surface area contributed by atoms with Crippen molar-refractivity contribution < 1.29 is 14.8 Å². The van der Waals surface area contributed by atoms with E-state index in [0.717, 1.165) is 0 Å². The summed E-state index contributed by atoms with van der Waals surface area (Å²) < 4.78 is 5.36. The third-order valence-corrected chi connectivity index (χ3v) is 2.54. The van der Waals surface area contributed by atoms with Crippen molar-refractivity contribution in [2.75, 3.05) is 6.61 Å². The molecule has 18 heavy (non-hydrogen) atoms. The number of non-ortho nitro benzene ring substituents is 1. The van der Waals surface area contributed by atoms with Crippen LogP contribution >= 0.6 is 0 Å². The van der Waals surface area contributed by atoms with Crippen molar-refractivity contribution >= 4 is 5.69 Å². The molecule has 1 N–H and O–H groups in total. The van der Waals surface area contributed by atoms with Gasteiger partial charge in [-0.2, -0.15) is 0 Å². The first-order valence-electron chi connectivity index (χ1n) is 5.69. The minimum Gasteiger partial charge on any atom is -0.388 e. The topological polar surface area (TPSA) is 72.6 Å². The van der Waals surface area contributed by atoms with E-state index < -0.39 is 11.0 Å². The Morgan fingerprint density at radius 2 is 2.11 bits per heavy atom. The molecule has 5 nitrogen and oxygen atoms in total. The number of nitro groups is 1. The summed E-state index contributed by atoms with van der Waals surface area (Å²) in [6, 6.07) is 5.88. The van der Waals surface area contributed by atoms with Crippen LogP contribution < -0.4 is 0 Å². The highest BCUT2D eigenvalue weighted by Crippen LogP contribution is 2.22. The van der Waals surface area contributed by atoms with E-state index in [1.807, 2.05) is 6.92 Å². The normalized spacial score (nSPS) is 13.9. The van der Waals surface area contributed by atoms with E-state index in [1.54, 1.807) is 18.2 Å². The molecule has 0 saturated heterocycles. The Labute approximate surface area is 106 Å². The van der Waals surface area contributed by atoms with Crippen LogP contribution in [0.1, 0.15) is 25.0 Å². The van der Waals surface area contributed by atoms with Crippen LogP contribution in [0.5, 0.6) is 0 Å². The Morgan fingerprint density at radius 1 is 1.50 bits per heavy atom. The van der Waals surface area contributed by atoms with Crippen molar-refractivity contribution in [2.45, 2.75) is 25.6 Å². The van der Waals surface area contributed by atoms with Crippen LogP contribution in [-0.2, 0) is 4.74 Å². The van der Waals surface area contributed by atoms with Crippen molar-refractivity contribution in [2.24, 2.45) is 0 Å². The molecule has 0 spiro atoms. The lowest BCUT2D eigenvalue weighted by Gasteiger charge is -2.16. The predicted molar refractivity (Wildman–Crippen MR) is 68.3 cm³/mol. The van der Waals surface area contributed by atoms with E-state index >= 15 is 0 Å². The number of aliphatic hydroxyl groups is 1. The molecule has 0 aliphatic carbocycles. The van der Waals surface area contributed by atoms with Gasteiger partial charge in [0.2, 0.25) is 0 Å². The number of nitrogens with zero attached hydrogens (tertiary/aromatic N) is 1. The highest BCUT2D eigenvalue weighted by atomic mass is 16.6. The monoisotopic (exact) mass is 251 g/mol. The van der Waals surface area contributed by atoms with Crippen LogP contribution in [0.2, 0.25) is 0 Å². The molecule has 0 aliphatic heterocycles. The molecule has 0 aliphatic rings. The largest absolute Gasteiger partial charge is 0.388 e. The van der Waals surface area contributed by atoms with Gasteiger partial charge in [-0.3, -0.25) is 10.1 Å². The molecule has 1 aromatic rings. The van der Waals surface area contributed by atoms with Crippen molar-refractivity contribution in [3.8, 4) is 0 Å². The van der Waals surface area contributed by atoms with Gasteiger partial charge >= 0.3 is 0 Å². The first kappa shape index (κ1) is 14.3. The highest BCUT2D eigenvalue weighted by molar-refractivity contribution is 5.33. The zero-order valence-corrected chi connectivity index (χ0v) is 10.3. The number of nitro benzene ring substituents is 1. The van der Waals surface area contributed by atoms with E-state index in [1.165, 1.54) is 12.1 Å². The number of benzene rings is 1. The molecule has 0 heterocycles. The summed E-state index contributed by atoms with van der Waals surface area (Å²) in [7, 11) is 0. The highest BCUT2D eigenvalue weighted by Gasteiger charge is 2.14. The van der Waals surface area contributed by atoms with Crippen LogP contribution in [0, 0.1) is 10.1 Å². The first-order valence-corrected chi connectivity index (χ1v) is 5.69. The fourth-order valence-electron chi connectivity index (χ4n) is 1.57. The summed E-state index contributed by atoms with van der Waals surface area (Å²) in [6.07, 6.45) is 1.29. The average Bonchev–Trinajstić information content (AvgIpc) is 2.36. The summed E-state index contributed by atoms with van der Waals surface area (Å²) in [4.78, 5) is 10.0. The molecule has 0 bridgehead atoms. The molecule has 0 amide bonds. The molecule has 2 atom stereocenters. The maximum absolute atomic E-state index is 10.5. The fraction of sp³-hybridized carbons (Fsp3) is 0.385. The van der Waals surface area contributed by atoms with Gasteiger partial charge in [-0.05, 0) is 24.6 Å². The van der Waals surface area contributed by atoms with Gasteiger partial charge < -0.3 is 9.84 Å². The SMILES string of the molecule is C=CCOC(C)CC(O)c1ccc([N+](=O)[O-])cc1. The Balaban J connectivity index is 2.58. The molecule has 1 rings (SSSR count). The fourth-order valence-corrected chi connectivity index (χ4v) is 1.57. The summed E-state index contributed by atoms with van der Waals surface area (Å²) in [6.45, 7) is 5.84. The summed E-state index contributed by atoms with van der Waals surface area (Å²) in [5.41, 5.74) is 0.663. The maximum Gasteiger partial charge on any atom is 0.269 e. The first-order chi connectivity index (χ1) is 8.54. The quantitative estimate of drug-likeness (QED) is 0.459. The van der Waals surface area contributed by atoms with Gasteiger partial charge in [-0.1, -0.05) is 6.08 Å². The van der Waals surface area contributed by atoms with E-state index in [4.69, 9.17) is 4.74 Å². The minimum absolute atomic E-state index is 0.0157. The van der Waals surface area contributed by atoms with Crippen LogP contribution in [0.4, 0.5) is 5.69 Å². The zero-order valence-electron chi connectivity index (χ0n) is 10.3. The lowest BCUT2D eigenvalue weighted by atomic mass is 10.0. The van der Waals surface area contributed by atoms with Crippen molar-refractivity contribution in [3.63, 3.8) is 0 Å². The van der Waals surface area contributed by atoms with E-state index in [2.05, 4.69) is 6.58 Å². The molecule has 1 aromatic carbocycles. The predicted octanol–water partition coefficient (Wildman–Crippen LogP) is 2.61. The Morgan fingerprint density at radius 3 is 2.61 bits per heavy atom. The number of aliphatic hydroxyl groups excluding tert-OH is 1. The van der Waals surface area contributed by atoms with Gasteiger partial charge in [0, 0.05) is 18.6 Å². The van der Waals surface area contributed by atoms with Crippen molar-refractivity contribution in [1.29, 1.82) is 0 Å². The molecular weight excluding hydrogens is 234 g/mol. The Kier molecular flexibility index (Phi) is 5.48. The molecule has 98 valence electrons. The number of hydrogen-bond donors (Lipinski definition) is 1. The second-order valence-electron chi connectivity index (χ2n) is 4.03. The second kappa shape index (κ2) is 6.88. The molecule has 2 unspecified atom stereocenters. The van der Waals surface area contributed by atoms with Crippen molar-refractivity contribution in [1.82, 2.24) is 0 Å². The van der Waals surface area contributed by atoms with Gasteiger partial charge in [0.25, 0.3) is 5.69 Å². The van der Waals surface area contributed by atoms with Crippen LogP contribution in [0.3, 0.4) is 0 Å². The summed E-state index contributed by atoms with van der Waals surface area (Å²) >= 11 is 0. The zero-order chi connectivity index (χ0) is 13.5. The van der Waals surface area contributed by atoms with Gasteiger partial charge in [0.1, 0.15) is 0 Å². The Bertz CT molecular complexity index is 402. The maximum atomic E-state index is 10.5. The second-order valence-corrected chi connectivity index (χ2v) is 4.03. The molecule has 0 saturated carbocycles. The number of ether oxygens (including phenoxy) is 1. The van der Waals surface area contributed by atoms with Gasteiger partial charge in [0.05, 0.1) is 23.7 Å². The Hall–Kier alpha value is -1.72. The van der Waals surface area contributed by atoms with Crippen LogP contribution in [0.15, 0.2) is 36.9 Å². The summed E-state index contributed by atoms with van der Waals surface area (Å²) in [5.74, 6) is 0. The molecule has 0 aromatic heterocycles. The smallest absolute Gasteiger partial charge is 0.269 e. The lowest BCUT2D eigenvalue weighted by molar-refractivity contribution is -0.384. The lowest BCUT2D eigenvalue weighted by Crippen LogP contribution is -2.13. The van der Waals surface area contributed by atoms with Crippen molar-refractivity contribution in [3.05, 3.63) is 52.6 Å². The average molecular weight is 251 g/mol. The molecule has 0 radical (unpaired) electrons. The van der Waals surface area contributed by atoms with Crippen LogP contribution in [0.25, 0.3) is 0 Å². The van der Waals surface area contributed by atoms with E-state index in [9.17, 15) is 15.2 Å². The number of rotatable bonds is 7. The van der Waals surface area contributed by atoms with Gasteiger partial charge in [-0.15, -0.1) is 6.58 Å². The standard InChI is InChI=1S/C13H17NO4/c1-3-8-18-10(2)9-13(15)11-4-6-12(7-5-11)14(16)17/h3-7,10,13,15H,1,8-9H2,2H3. The van der Waals surface area contributed by atoms with Crippen LogP contribution in [-0.4, -0.2) is 22.7 Å². The van der Waals surface area contributed by atoms with E-state index in [-0.39, 0.29) is 11.8 Å². The third kappa shape index (κ3) is 4.27. The molecular formula is C13H17NO4. The van der Waals surface area contributed by atoms with E-state index in [0.29, 0.717) is 18.6 Å². The summed E-state index contributed by atoms with van der Waals surface area (Å²) in [5, 5.41) is 20.4. The third-order valence-electron chi connectivity index (χ3n) is 2.54. The van der Waals surface area contributed by atoms with Gasteiger partial charge in [-0.25, -0.2) is 0 Å². The minimum atomic E-state index is -0.689. The van der Waals surface area contributed by atoms with Gasteiger partial charge in [0.15, 0.2) is 0 Å². The number of hydrogen-bond acceptors (Lipinski definition) is 4. The molecule has 0 fully saturated rings. The molecule has 5 heteroatoms.